The number of ether oxygens (including phenoxy) is 1. The molecule has 2 amide bonds. The Kier molecular flexibility index (Phi) is 5.98. The fourth-order valence-corrected chi connectivity index (χ4v) is 3.23. The fraction of sp³-hybridized carbons (Fsp3) is 0.350. The number of methoxy groups -OCH3 is 1. The Morgan fingerprint density at radius 3 is 2.89 bits per heavy atom. The van der Waals surface area contributed by atoms with Crippen LogP contribution in [0, 0.1) is 0 Å². The maximum atomic E-state index is 12.4. The molecule has 0 aliphatic heterocycles. The molecule has 0 saturated carbocycles. The Hall–Kier alpha value is -3.29. The number of hydrogen-bond acceptors (Lipinski definition) is 4. The van der Waals surface area contributed by atoms with Crippen molar-refractivity contribution in [2.24, 2.45) is 7.05 Å². The summed E-state index contributed by atoms with van der Waals surface area (Å²) in [5, 5.41) is 3.59. The molecule has 2 aromatic heterocycles. The lowest BCUT2D eigenvalue weighted by molar-refractivity contribution is -0.130. The SMILES string of the molecule is CCCN(Cc1ncc(-c2cccc3ccn(C)c23)[nH]1)C(=O)CNC(=O)OC. The predicted molar refractivity (Wildman–Crippen MR) is 107 cm³/mol. The number of aromatic amines is 1. The number of alkyl carbamates (subject to hydrolysis) is 1. The number of imidazole rings is 1. The zero-order valence-corrected chi connectivity index (χ0v) is 16.4. The molecule has 8 nitrogen and oxygen atoms in total. The Balaban J connectivity index is 1.77. The largest absolute Gasteiger partial charge is 0.453 e. The molecular weight excluding hydrogens is 358 g/mol. The summed E-state index contributed by atoms with van der Waals surface area (Å²) in [7, 11) is 3.28. The van der Waals surface area contributed by atoms with Gasteiger partial charge in [0, 0.05) is 30.7 Å². The number of carbonyl (C=O) groups excluding carboxylic acids is 2. The number of aromatic nitrogens is 3. The van der Waals surface area contributed by atoms with Crippen molar-refractivity contribution in [1.82, 2.24) is 24.8 Å². The summed E-state index contributed by atoms with van der Waals surface area (Å²) >= 11 is 0. The zero-order valence-electron chi connectivity index (χ0n) is 16.4. The topological polar surface area (TPSA) is 92.3 Å². The van der Waals surface area contributed by atoms with Gasteiger partial charge in [-0.1, -0.05) is 25.1 Å². The maximum Gasteiger partial charge on any atom is 0.407 e. The second kappa shape index (κ2) is 8.60. The lowest BCUT2D eigenvalue weighted by Crippen LogP contribution is -2.40. The average Bonchev–Trinajstić information content (AvgIpc) is 3.32. The highest BCUT2D eigenvalue weighted by Crippen LogP contribution is 2.27. The molecule has 0 aliphatic carbocycles. The number of nitrogens with one attached hydrogen (secondary N) is 2. The molecule has 0 fully saturated rings. The zero-order chi connectivity index (χ0) is 20.1. The van der Waals surface area contributed by atoms with Crippen molar-refractivity contribution < 1.29 is 14.3 Å². The fourth-order valence-electron chi connectivity index (χ4n) is 3.23. The molecule has 148 valence electrons. The summed E-state index contributed by atoms with van der Waals surface area (Å²) in [6, 6.07) is 8.22. The number of hydrogen-bond donors (Lipinski definition) is 2. The highest BCUT2D eigenvalue weighted by Gasteiger charge is 2.17. The Bertz CT molecular complexity index is 975. The predicted octanol–water partition coefficient (Wildman–Crippen LogP) is 2.66. The van der Waals surface area contributed by atoms with Gasteiger partial charge in [-0.25, -0.2) is 9.78 Å². The van der Waals surface area contributed by atoms with Crippen LogP contribution in [0.15, 0.2) is 36.7 Å². The first-order chi connectivity index (χ1) is 13.5. The highest BCUT2D eigenvalue weighted by molar-refractivity contribution is 5.93. The van der Waals surface area contributed by atoms with Crippen LogP contribution in [0.2, 0.25) is 0 Å². The van der Waals surface area contributed by atoms with Gasteiger partial charge in [0.2, 0.25) is 5.91 Å². The van der Waals surface area contributed by atoms with E-state index in [0.717, 1.165) is 28.6 Å². The van der Waals surface area contributed by atoms with E-state index in [1.807, 2.05) is 26.2 Å². The van der Waals surface area contributed by atoms with Gasteiger partial charge in [-0.05, 0) is 12.5 Å². The van der Waals surface area contributed by atoms with Crippen LogP contribution in [0.25, 0.3) is 22.2 Å². The van der Waals surface area contributed by atoms with E-state index in [2.05, 4.69) is 42.8 Å². The molecule has 0 aliphatic rings. The minimum Gasteiger partial charge on any atom is -0.453 e. The van der Waals surface area contributed by atoms with E-state index in [1.54, 1.807) is 11.1 Å². The Morgan fingerprint density at radius 2 is 2.14 bits per heavy atom. The third-order valence-corrected chi connectivity index (χ3v) is 4.57. The molecule has 0 spiro atoms. The third-order valence-electron chi connectivity index (χ3n) is 4.57. The molecule has 1 aromatic carbocycles. The maximum absolute atomic E-state index is 12.4. The molecule has 8 heteroatoms. The second-order valence-corrected chi connectivity index (χ2v) is 6.57. The van der Waals surface area contributed by atoms with Gasteiger partial charge in [-0.2, -0.15) is 0 Å². The number of rotatable bonds is 7. The van der Waals surface area contributed by atoms with Crippen LogP contribution in [0.4, 0.5) is 4.79 Å². The molecule has 0 bridgehead atoms. The first-order valence-electron chi connectivity index (χ1n) is 9.21. The standard InChI is InChI=1S/C20H25N5O3/c1-4-9-25(18(26)12-22-20(27)28-3)13-17-21-11-16(23-17)15-7-5-6-14-8-10-24(2)19(14)15/h5-8,10-11H,4,9,12-13H2,1-3H3,(H,21,23)(H,22,27). The number of fused-ring (bicyclic) bond motifs is 1. The molecule has 0 atom stereocenters. The normalized spacial score (nSPS) is 10.8. The van der Waals surface area contributed by atoms with Gasteiger partial charge in [-0.15, -0.1) is 0 Å². The Morgan fingerprint density at radius 1 is 1.32 bits per heavy atom. The second-order valence-electron chi connectivity index (χ2n) is 6.57. The van der Waals surface area contributed by atoms with Gasteiger partial charge in [0.15, 0.2) is 0 Å². The van der Waals surface area contributed by atoms with Crippen LogP contribution in [0.3, 0.4) is 0 Å². The molecule has 3 aromatic rings. The molecule has 2 N–H and O–H groups in total. The van der Waals surface area contributed by atoms with E-state index >= 15 is 0 Å². The minimum absolute atomic E-state index is 0.108. The monoisotopic (exact) mass is 383 g/mol. The lowest BCUT2D eigenvalue weighted by Gasteiger charge is -2.21. The van der Waals surface area contributed by atoms with Gasteiger partial charge in [-0.3, -0.25) is 4.79 Å². The summed E-state index contributed by atoms with van der Waals surface area (Å²) in [6.07, 6.45) is 4.00. The molecule has 28 heavy (non-hydrogen) atoms. The van der Waals surface area contributed by atoms with Crippen LogP contribution in [0.1, 0.15) is 19.2 Å². The van der Waals surface area contributed by atoms with Gasteiger partial charge >= 0.3 is 6.09 Å². The average molecular weight is 383 g/mol. The molecule has 3 rings (SSSR count). The molecular formula is C20H25N5O3. The van der Waals surface area contributed by atoms with Gasteiger partial charge in [0.1, 0.15) is 12.4 Å². The van der Waals surface area contributed by atoms with E-state index in [0.29, 0.717) is 18.9 Å². The Labute approximate surface area is 163 Å². The van der Waals surface area contributed by atoms with Crippen LogP contribution < -0.4 is 5.32 Å². The van der Waals surface area contributed by atoms with Crippen molar-refractivity contribution in [3.63, 3.8) is 0 Å². The molecule has 0 unspecified atom stereocenters. The van der Waals surface area contributed by atoms with Crippen LogP contribution in [-0.2, 0) is 23.1 Å². The minimum atomic E-state index is -0.624. The van der Waals surface area contributed by atoms with Crippen LogP contribution in [-0.4, -0.2) is 51.6 Å². The first-order valence-corrected chi connectivity index (χ1v) is 9.21. The summed E-state index contributed by atoms with van der Waals surface area (Å²) < 4.78 is 6.59. The number of para-hydroxylation sites is 1. The first kappa shape index (κ1) is 19.5. The molecule has 0 saturated heterocycles. The van der Waals surface area contributed by atoms with Gasteiger partial charge in [0.25, 0.3) is 0 Å². The number of aryl methyl sites for hydroxylation is 1. The van der Waals surface area contributed by atoms with Crippen LogP contribution >= 0.6 is 0 Å². The summed E-state index contributed by atoms with van der Waals surface area (Å²) in [5.74, 6) is 0.510. The molecule has 0 radical (unpaired) electrons. The van der Waals surface area contributed by atoms with E-state index < -0.39 is 6.09 Å². The molecule has 2 heterocycles. The van der Waals surface area contributed by atoms with Crippen molar-refractivity contribution in [3.05, 3.63) is 42.5 Å². The summed E-state index contributed by atoms with van der Waals surface area (Å²) in [6.45, 7) is 2.81. The smallest absolute Gasteiger partial charge is 0.407 e. The summed E-state index contributed by atoms with van der Waals surface area (Å²) in [5.41, 5.74) is 3.09. The third kappa shape index (κ3) is 4.16. The van der Waals surface area contributed by atoms with E-state index in [4.69, 9.17) is 0 Å². The van der Waals surface area contributed by atoms with Crippen molar-refractivity contribution in [2.45, 2.75) is 19.9 Å². The highest BCUT2D eigenvalue weighted by atomic mass is 16.5. The number of carbonyl (C=O) groups is 2. The number of amides is 2. The number of benzene rings is 1. The van der Waals surface area contributed by atoms with E-state index in [-0.39, 0.29) is 12.5 Å². The van der Waals surface area contributed by atoms with E-state index in [1.165, 1.54) is 7.11 Å². The van der Waals surface area contributed by atoms with Crippen molar-refractivity contribution >= 4 is 22.9 Å². The number of nitrogens with zero attached hydrogens (tertiary/aromatic N) is 3. The lowest BCUT2D eigenvalue weighted by atomic mass is 10.1. The van der Waals surface area contributed by atoms with E-state index in [9.17, 15) is 9.59 Å². The number of H-pyrrole nitrogens is 1. The van der Waals surface area contributed by atoms with Crippen molar-refractivity contribution in [1.29, 1.82) is 0 Å². The van der Waals surface area contributed by atoms with Gasteiger partial charge < -0.3 is 24.5 Å². The van der Waals surface area contributed by atoms with Crippen molar-refractivity contribution in [3.8, 4) is 11.3 Å². The quantitative estimate of drug-likeness (QED) is 0.656. The van der Waals surface area contributed by atoms with Crippen LogP contribution in [0.5, 0.6) is 0 Å². The van der Waals surface area contributed by atoms with Gasteiger partial charge in [0.05, 0.1) is 31.1 Å². The summed E-state index contributed by atoms with van der Waals surface area (Å²) in [4.78, 5) is 33.1. The van der Waals surface area contributed by atoms with Crippen molar-refractivity contribution in [2.75, 3.05) is 20.2 Å².